The van der Waals surface area contributed by atoms with Gasteiger partial charge >= 0.3 is 0 Å². The first kappa shape index (κ1) is 26.7. The van der Waals surface area contributed by atoms with Gasteiger partial charge in [-0.1, -0.05) is 73.6 Å². The maximum Gasteiger partial charge on any atom is 0.268 e. The highest BCUT2D eigenvalue weighted by molar-refractivity contribution is 8.00. The Kier molecular flexibility index (Phi) is 7.24. The number of thioether (sulfide) groups is 1. The Morgan fingerprint density at radius 3 is 2.60 bits per heavy atom. The van der Waals surface area contributed by atoms with E-state index in [0.717, 1.165) is 32.1 Å². The standard InChI is InChI=1S/C30H31N5O3S2/c1-17(2)23-14-22-24(16-38-23)40-28-25(22)27(37)34(21-12-10-18(3)11-13-21)29-32-33-30(35(28)29)39-19(4)26(36)31-15-20-8-6-5-7-9-20/h5-13,17,19,23H,14-16H2,1-4H3,(H,31,36)/t19-,23-/m0/s1. The van der Waals surface area contributed by atoms with Gasteiger partial charge in [-0.05, 0) is 43.0 Å². The van der Waals surface area contributed by atoms with Gasteiger partial charge in [-0.15, -0.1) is 21.5 Å². The second-order valence-corrected chi connectivity index (χ2v) is 12.9. The van der Waals surface area contributed by atoms with E-state index < -0.39 is 5.25 Å². The number of carbonyl (C=O) groups excluding carboxylic acids is 1. The fraction of sp³-hybridized carbons (Fsp3) is 0.333. The molecule has 6 rings (SSSR count). The molecule has 5 aromatic rings. The molecule has 1 aliphatic rings. The number of thiophene rings is 1. The van der Waals surface area contributed by atoms with Crippen molar-refractivity contribution in [3.63, 3.8) is 0 Å². The maximum atomic E-state index is 14.2. The summed E-state index contributed by atoms with van der Waals surface area (Å²) in [6, 6.07) is 17.7. The highest BCUT2D eigenvalue weighted by atomic mass is 32.2. The summed E-state index contributed by atoms with van der Waals surface area (Å²) in [4.78, 5) is 29.0. The molecule has 8 nitrogen and oxygen atoms in total. The van der Waals surface area contributed by atoms with Gasteiger partial charge in [-0.25, -0.2) is 8.97 Å². The lowest BCUT2D eigenvalue weighted by Gasteiger charge is -2.26. The van der Waals surface area contributed by atoms with E-state index in [9.17, 15) is 9.59 Å². The largest absolute Gasteiger partial charge is 0.372 e. The van der Waals surface area contributed by atoms with Crippen LogP contribution in [0.3, 0.4) is 0 Å². The average molecular weight is 574 g/mol. The number of nitrogens with one attached hydrogen (secondary N) is 1. The zero-order valence-corrected chi connectivity index (χ0v) is 24.5. The summed E-state index contributed by atoms with van der Waals surface area (Å²) in [6.07, 6.45) is 0.737. The van der Waals surface area contributed by atoms with E-state index in [1.54, 1.807) is 15.9 Å². The number of benzene rings is 2. The Balaban J connectivity index is 1.45. The number of hydrogen-bond acceptors (Lipinski definition) is 7. The van der Waals surface area contributed by atoms with Gasteiger partial charge in [0.1, 0.15) is 4.83 Å². The minimum absolute atomic E-state index is 0.0521. The molecule has 0 saturated heterocycles. The zero-order valence-electron chi connectivity index (χ0n) is 22.9. The molecule has 3 aromatic heterocycles. The van der Waals surface area contributed by atoms with E-state index in [1.165, 1.54) is 11.8 Å². The first-order chi connectivity index (χ1) is 19.3. The molecule has 0 saturated carbocycles. The number of hydrogen-bond donors (Lipinski definition) is 1. The number of aryl methyl sites for hydroxylation is 1. The third-order valence-corrected chi connectivity index (χ3v) is 9.57. The Bertz CT molecular complexity index is 1760. The van der Waals surface area contributed by atoms with Crippen LogP contribution in [0.5, 0.6) is 0 Å². The smallest absolute Gasteiger partial charge is 0.268 e. The predicted octanol–water partition coefficient (Wildman–Crippen LogP) is 5.30. The maximum absolute atomic E-state index is 14.2. The van der Waals surface area contributed by atoms with Crippen molar-refractivity contribution in [2.24, 2.45) is 5.92 Å². The lowest BCUT2D eigenvalue weighted by atomic mass is 9.96. The van der Waals surface area contributed by atoms with E-state index in [2.05, 4.69) is 29.4 Å². The van der Waals surface area contributed by atoms with Crippen LogP contribution in [0.2, 0.25) is 0 Å². The molecular weight excluding hydrogens is 542 g/mol. The Morgan fingerprint density at radius 2 is 1.88 bits per heavy atom. The minimum atomic E-state index is -0.422. The molecule has 1 aliphatic heterocycles. The molecule has 0 radical (unpaired) electrons. The Morgan fingerprint density at radius 1 is 1.12 bits per heavy atom. The summed E-state index contributed by atoms with van der Waals surface area (Å²) in [5.74, 6) is 0.676. The Labute approximate surface area is 240 Å². The van der Waals surface area contributed by atoms with Gasteiger partial charge in [0, 0.05) is 17.8 Å². The quantitative estimate of drug-likeness (QED) is 0.266. The van der Waals surface area contributed by atoms with Crippen molar-refractivity contribution >= 4 is 45.0 Å². The van der Waals surface area contributed by atoms with Crippen molar-refractivity contribution in [3.05, 3.63) is 86.5 Å². The lowest BCUT2D eigenvalue weighted by molar-refractivity contribution is -0.120. The summed E-state index contributed by atoms with van der Waals surface area (Å²) >= 11 is 2.89. The van der Waals surface area contributed by atoms with Crippen LogP contribution in [0, 0.1) is 12.8 Å². The van der Waals surface area contributed by atoms with Crippen LogP contribution in [0.1, 0.15) is 42.3 Å². The molecule has 0 bridgehead atoms. The van der Waals surface area contributed by atoms with E-state index in [0.29, 0.717) is 41.8 Å². The molecule has 0 spiro atoms. The molecule has 10 heteroatoms. The van der Waals surface area contributed by atoms with Crippen molar-refractivity contribution in [1.82, 2.24) is 24.5 Å². The topological polar surface area (TPSA) is 90.5 Å². The first-order valence-corrected chi connectivity index (χ1v) is 15.1. The molecule has 4 heterocycles. The van der Waals surface area contributed by atoms with E-state index in [-0.39, 0.29) is 17.6 Å². The van der Waals surface area contributed by atoms with Gasteiger partial charge < -0.3 is 10.1 Å². The third kappa shape index (κ3) is 4.84. The average Bonchev–Trinajstić information content (AvgIpc) is 3.54. The predicted molar refractivity (Wildman–Crippen MR) is 159 cm³/mol. The van der Waals surface area contributed by atoms with Gasteiger partial charge in [0.15, 0.2) is 5.16 Å². The summed E-state index contributed by atoms with van der Waals surface area (Å²) in [5, 5.41) is 12.8. The lowest BCUT2D eigenvalue weighted by Crippen LogP contribution is -2.30. The highest BCUT2D eigenvalue weighted by Gasteiger charge is 2.30. The van der Waals surface area contributed by atoms with Crippen LogP contribution in [0.25, 0.3) is 21.7 Å². The molecule has 40 heavy (non-hydrogen) atoms. The van der Waals surface area contributed by atoms with Crippen molar-refractivity contribution < 1.29 is 9.53 Å². The van der Waals surface area contributed by atoms with Crippen molar-refractivity contribution in [2.75, 3.05) is 0 Å². The van der Waals surface area contributed by atoms with E-state index in [4.69, 9.17) is 4.74 Å². The fourth-order valence-corrected chi connectivity index (χ4v) is 7.18. The molecule has 1 amide bonds. The molecule has 2 aromatic carbocycles. The molecule has 2 atom stereocenters. The van der Waals surface area contributed by atoms with Gasteiger partial charge in [0.25, 0.3) is 5.56 Å². The second-order valence-electron chi connectivity index (χ2n) is 10.5. The van der Waals surface area contributed by atoms with Gasteiger partial charge in [0.05, 0.1) is 29.0 Å². The van der Waals surface area contributed by atoms with Crippen molar-refractivity contribution in [3.8, 4) is 5.69 Å². The van der Waals surface area contributed by atoms with Crippen LogP contribution < -0.4 is 10.9 Å². The highest BCUT2D eigenvalue weighted by Crippen LogP contribution is 2.38. The van der Waals surface area contributed by atoms with Gasteiger partial charge in [0.2, 0.25) is 11.7 Å². The summed E-state index contributed by atoms with van der Waals surface area (Å²) in [7, 11) is 0. The summed E-state index contributed by atoms with van der Waals surface area (Å²) < 4.78 is 9.73. The summed E-state index contributed by atoms with van der Waals surface area (Å²) in [5.41, 5.74) is 3.82. The normalized spacial score (nSPS) is 16.0. The third-order valence-electron chi connectivity index (χ3n) is 7.34. The van der Waals surface area contributed by atoms with Crippen LogP contribution >= 0.6 is 23.1 Å². The van der Waals surface area contributed by atoms with E-state index >= 15 is 0 Å². The van der Waals surface area contributed by atoms with Gasteiger partial charge in [-0.3, -0.25) is 9.59 Å². The monoisotopic (exact) mass is 573 g/mol. The van der Waals surface area contributed by atoms with Crippen molar-refractivity contribution in [2.45, 2.75) is 63.8 Å². The van der Waals surface area contributed by atoms with Crippen LogP contribution in [0.4, 0.5) is 0 Å². The number of fused-ring (bicyclic) bond motifs is 5. The van der Waals surface area contributed by atoms with Crippen LogP contribution in [-0.2, 0) is 29.1 Å². The second kappa shape index (κ2) is 10.8. The molecule has 206 valence electrons. The molecule has 0 fully saturated rings. The number of carbonyl (C=O) groups is 1. The van der Waals surface area contributed by atoms with Crippen LogP contribution in [-0.4, -0.2) is 36.4 Å². The fourth-order valence-electron chi connectivity index (χ4n) is 5.01. The molecule has 1 N–H and O–H groups in total. The molecular formula is C30H31N5O3S2. The van der Waals surface area contributed by atoms with Crippen LogP contribution in [0.15, 0.2) is 64.5 Å². The molecule has 0 aliphatic carbocycles. The first-order valence-electron chi connectivity index (χ1n) is 13.4. The number of ether oxygens (including phenoxy) is 1. The zero-order chi connectivity index (χ0) is 28.0. The van der Waals surface area contributed by atoms with Crippen molar-refractivity contribution in [1.29, 1.82) is 0 Å². The van der Waals surface area contributed by atoms with Gasteiger partial charge in [-0.2, -0.15) is 0 Å². The summed E-state index contributed by atoms with van der Waals surface area (Å²) in [6.45, 7) is 9.10. The number of nitrogens with zero attached hydrogens (tertiary/aromatic N) is 4. The number of amides is 1. The Hall–Kier alpha value is -3.47. The number of aromatic nitrogens is 4. The minimum Gasteiger partial charge on any atom is -0.372 e. The SMILES string of the molecule is Cc1ccc(-n2c(=O)c3c4c(sc3n3c(S[C@@H](C)C(=O)NCc5ccccc5)nnc23)CO[C@H](C(C)C)C4)cc1. The molecule has 0 unspecified atom stereocenters. The number of rotatable bonds is 7. The van der Waals surface area contributed by atoms with E-state index in [1.807, 2.05) is 72.8 Å².